The predicted molar refractivity (Wildman–Crippen MR) is 89.6 cm³/mol. The van der Waals surface area contributed by atoms with Gasteiger partial charge in [0.05, 0.1) is 0 Å². The fourth-order valence-electron chi connectivity index (χ4n) is 2.06. The second kappa shape index (κ2) is 10.6. The largest absolute Gasteiger partial charge is 0.239 e. The highest BCUT2D eigenvalue weighted by atomic mass is 127. The average molecular weight is 362 g/mol. The van der Waals surface area contributed by atoms with Gasteiger partial charge in [0.1, 0.15) is 0 Å². The molecule has 0 aliphatic heterocycles. The number of halogens is 1. The van der Waals surface area contributed by atoms with Crippen LogP contribution < -0.4 is 0 Å². The second-order valence-corrected chi connectivity index (χ2v) is 9.77. The first-order valence-electron chi connectivity index (χ1n) is 6.15. The van der Waals surface area contributed by atoms with Crippen molar-refractivity contribution in [2.45, 2.75) is 39.5 Å². The summed E-state index contributed by atoms with van der Waals surface area (Å²) in [5.41, 5.74) is 0. The van der Waals surface area contributed by atoms with Crippen molar-refractivity contribution < 1.29 is 0 Å². The van der Waals surface area contributed by atoms with Crippen molar-refractivity contribution in [1.29, 1.82) is 0 Å². The minimum atomic E-state index is -0.303. The summed E-state index contributed by atoms with van der Waals surface area (Å²) in [5, 5.41) is 0. The van der Waals surface area contributed by atoms with Gasteiger partial charge in [-0.25, -0.2) is 10.0 Å². The maximum Gasteiger partial charge on any atom is 0.00717 e. The van der Waals surface area contributed by atoms with Gasteiger partial charge >= 0.3 is 0 Å². The number of rotatable bonds is 10. The summed E-state index contributed by atoms with van der Waals surface area (Å²) in [6.07, 6.45) is 5.60. The average Bonchev–Trinajstić information content (AvgIpc) is 2.19. The van der Waals surface area contributed by atoms with Crippen LogP contribution in [0, 0.1) is 0 Å². The Labute approximate surface area is 117 Å². The van der Waals surface area contributed by atoms with Crippen LogP contribution in [0.3, 0.4) is 0 Å². The van der Waals surface area contributed by atoms with Crippen LogP contribution in [0.5, 0.6) is 0 Å². The Kier molecular flexibility index (Phi) is 11.6. The first kappa shape index (κ1) is 16.4. The van der Waals surface area contributed by atoms with Gasteiger partial charge in [0.15, 0.2) is 0 Å². The van der Waals surface area contributed by atoms with Crippen molar-refractivity contribution in [3.8, 4) is 0 Å². The highest BCUT2D eigenvalue weighted by molar-refractivity contribution is 14.1. The third-order valence-corrected chi connectivity index (χ3v) is 9.22. The van der Waals surface area contributed by atoms with E-state index in [4.69, 9.17) is 0 Å². The van der Waals surface area contributed by atoms with E-state index >= 15 is 0 Å². The molecule has 1 atom stereocenters. The molecule has 1 unspecified atom stereocenters. The van der Waals surface area contributed by atoms with Crippen LogP contribution in [-0.2, 0) is 0 Å². The molecule has 0 N–H and O–H groups in total. The quantitative estimate of drug-likeness (QED) is 0.246. The normalized spacial score (nSPS) is 17.3. The van der Waals surface area contributed by atoms with E-state index in [2.05, 4.69) is 49.1 Å². The number of thiol groups is 1. The van der Waals surface area contributed by atoms with Gasteiger partial charge in [-0.05, 0) is 41.6 Å². The molecule has 0 fully saturated rings. The molecule has 3 heteroatoms. The van der Waals surface area contributed by atoms with Crippen molar-refractivity contribution >= 4 is 45.2 Å². The van der Waals surface area contributed by atoms with Crippen molar-refractivity contribution in [1.82, 2.24) is 0 Å². The van der Waals surface area contributed by atoms with Crippen molar-refractivity contribution in [2.75, 3.05) is 33.2 Å². The zero-order valence-corrected chi connectivity index (χ0v) is 14.2. The Morgan fingerprint density at radius 3 is 2.13 bits per heavy atom. The van der Waals surface area contributed by atoms with Gasteiger partial charge in [-0.15, -0.1) is 0 Å². The summed E-state index contributed by atoms with van der Waals surface area (Å²) in [4.78, 5) is 0. The number of unbranched alkanes of at least 4 members (excludes halogenated alkanes) is 2. The van der Waals surface area contributed by atoms with E-state index < -0.39 is 0 Å². The molecule has 0 bridgehead atoms. The first-order valence-corrected chi connectivity index (χ1v) is 10.6. The zero-order chi connectivity index (χ0) is 11.6. The fourth-order valence-corrected chi connectivity index (χ4v) is 9.65. The first-order chi connectivity index (χ1) is 7.24. The molecule has 0 spiro atoms. The van der Waals surface area contributed by atoms with Crippen LogP contribution in [0.2, 0.25) is 0 Å². The molecule has 0 saturated heterocycles. The lowest BCUT2D eigenvalue weighted by Crippen LogP contribution is -2.19. The number of hydrogen-bond acceptors (Lipinski definition) is 1. The van der Waals surface area contributed by atoms with Crippen molar-refractivity contribution in [2.24, 2.45) is 0 Å². The van der Waals surface area contributed by atoms with Crippen LogP contribution in [0.4, 0.5) is 0 Å². The van der Waals surface area contributed by atoms with Crippen LogP contribution in [0.15, 0.2) is 0 Å². The standard InChI is InChI=1S/C12H27IS2/c1-3-5-6-10-15(9-4-2,11-7-13)12-8-14/h14H,3-12H2,1-2H3. The molecule has 0 aliphatic rings. The van der Waals surface area contributed by atoms with E-state index in [9.17, 15) is 0 Å². The SMILES string of the molecule is CCCCCS(CCC)(CCS)CCI. The van der Waals surface area contributed by atoms with Crippen molar-refractivity contribution in [3.05, 3.63) is 0 Å². The Hall–Kier alpha value is 1.43. The molecule has 0 rings (SSSR count). The second-order valence-electron chi connectivity index (χ2n) is 4.16. The van der Waals surface area contributed by atoms with E-state index in [0.29, 0.717) is 0 Å². The molecule has 0 nitrogen and oxygen atoms in total. The molecule has 0 aromatic carbocycles. The minimum Gasteiger partial charge on any atom is -0.239 e. The highest BCUT2D eigenvalue weighted by Gasteiger charge is 2.20. The molecule has 0 radical (unpaired) electrons. The predicted octanol–water partition coefficient (Wildman–Crippen LogP) is 4.76. The maximum atomic E-state index is 4.46. The molecule has 0 amide bonds. The third-order valence-electron chi connectivity index (χ3n) is 2.85. The van der Waals surface area contributed by atoms with Gasteiger partial charge < -0.3 is 0 Å². The fraction of sp³-hybridized carbons (Fsp3) is 1.00. The van der Waals surface area contributed by atoms with Crippen LogP contribution in [0.1, 0.15) is 39.5 Å². The summed E-state index contributed by atoms with van der Waals surface area (Å²) < 4.78 is 1.34. The van der Waals surface area contributed by atoms with E-state index in [1.165, 1.54) is 53.1 Å². The Morgan fingerprint density at radius 1 is 0.933 bits per heavy atom. The van der Waals surface area contributed by atoms with E-state index in [-0.39, 0.29) is 10.0 Å². The molecule has 15 heavy (non-hydrogen) atoms. The maximum absolute atomic E-state index is 4.46. The molecule has 0 saturated carbocycles. The third kappa shape index (κ3) is 7.37. The van der Waals surface area contributed by atoms with E-state index in [1.54, 1.807) is 0 Å². The molecule has 0 aromatic heterocycles. The van der Waals surface area contributed by atoms with Gasteiger partial charge in [-0.1, -0.05) is 49.3 Å². The molecular formula is C12H27IS2. The minimum absolute atomic E-state index is 0.303. The van der Waals surface area contributed by atoms with Crippen molar-refractivity contribution in [3.63, 3.8) is 0 Å². The molecule has 0 aliphatic carbocycles. The molecular weight excluding hydrogens is 335 g/mol. The van der Waals surface area contributed by atoms with Gasteiger partial charge in [-0.3, -0.25) is 0 Å². The highest BCUT2D eigenvalue weighted by Crippen LogP contribution is 2.49. The van der Waals surface area contributed by atoms with Crippen LogP contribution >= 0.6 is 45.2 Å². The molecule has 0 aromatic rings. The lowest BCUT2D eigenvalue weighted by molar-refractivity contribution is 0.774. The van der Waals surface area contributed by atoms with E-state index in [0.717, 1.165) is 5.75 Å². The summed E-state index contributed by atoms with van der Waals surface area (Å²) in [6, 6.07) is 0. The van der Waals surface area contributed by atoms with Gasteiger partial charge in [0.2, 0.25) is 0 Å². The number of alkyl halides is 1. The lowest BCUT2D eigenvalue weighted by Gasteiger charge is -2.40. The Morgan fingerprint density at radius 2 is 1.67 bits per heavy atom. The lowest BCUT2D eigenvalue weighted by atomic mass is 10.3. The summed E-state index contributed by atoms with van der Waals surface area (Å²) in [5.74, 6) is 6.97. The molecule has 0 heterocycles. The molecule has 94 valence electrons. The van der Waals surface area contributed by atoms with E-state index in [1.807, 2.05) is 0 Å². The summed E-state index contributed by atoms with van der Waals surface area (Å²) >= 11 is 7.01. The summed E-state index contributed by atoms with van der Waals surface area (Å²) in [6.45, 7) is 4.64. The smallest absolute Gasteiger partial charge is 0.00717 e. The number of hydrogen-bond donors (Lipinski definition) is 1. The van der Waals surface area contributed by atoms with Crippen LogP contribution in [-0.4, -0.2) is 33.2 Å². The van der Waals surface area contributed by atoms with Crippen LogP contribution in [0.25, 0.3) is 0 Å². The van der Waals surface area contributed by atoms with Gasteiger partial charge in [0, 0.05) is 4.43 Å². The Bertz CT molecular complexity index is 123. The Balaban J connectivity index is 4.18. The topological polar surface area (TPSA) is 0 Å². The van der Waals surface area contributed by atoms with Gasteiger partial charge in [0.25, 0.3) is 0 Å². The van der Waals surface area contributed by atoms with Gasteiger partial charge in [-0.2, -0.15) is 12.6 Å². The summed E-state index contributed by atoms with van der Waals surface area (Å²) in [7, 11) is -0.303. The zero-order valence-electron chi connectivity index (χ0n) is 10.3. The monoisotopic (exact) mass is 362 g/mol.